The molecular formula is C23H25N5OS. The Morgan fingerprint density at radius 2 is 1.77 bits per heavy atom. The molecule has 2 saturated heterocycles. The molecule has 2 aliphatic heterocycles. The van der Waals surface area contributed by atoms with Crippen molar-refractivity contribution >= 4 is 28.7 Å². The summed E-state index contributed by atoms with van der Waals surface area (Å²) in [6, 6.07) is 18.9. The van der Waals surface area contributed by atoms with Crippen LogP contribution in [0.4, 0.5) is 11.4 Å². The monoisotopic (exact) mass is 419 g/mol. The summed E-state index contributed by atoms with van der Waals surface area (Å²) in [6.07, 6.45) is 1.83. The van der Waals surface area contributed by atoms with E-state index in [2.05, 4.69) is 68.4 Å². The topological polar surface area (TPSA) is 56.4 Å². The minimum atomic E-state index is -0.0318. The van der Waals surface area contributed by atoms with Crippen molar-refractivity contribution in [1.82, 2.24) is 15.3 Å². The van der Waals surface area contributed by atoms with E-state index < -0.39 is 0 Å². The molecule has 4 heterocycles. The SMILES string of the molecule is Cc1ccc([C@H]2[C@H](c3ccccn3)NC(=S)N2c2ccc(N3CCOCC3)cc2)[nH]1. The van der Waals surface area contributed by atoms with Gasteiger partial charge in [0.05, 0.1) is 24.9 Å². The summed E-state index contributed by atoms with van der Waals surface area (Å²) in [4.78, 5) is 12.7. The molecule has 0 spiro atoms. The van der Waals surface area contributed by atoms with Crippen molar-refractivity contribution in [2.24, 2.45) is 0 Å². The average Bonchev–Trinajstić information content (AvgIpc) is 3.38. The van der Waals surface area contributed by atoms with Crippen LogP contribution >= 0.6 is 12.2 Å². The van der Waals surface area contributed by atoms with Crippen LogP contribution in [0.5, 0.6) is 0 Å². The molecule has 30 heavy (non-hydrogen) atoms. The van der Waals surface area contributed by atoms with Crippen molar-refractivity contribution in [3.05, 3.63) is 77.9 Å². The number of aryl methyl sites for hydroxylation is 1. The Morgan fingerprint density at radius 1 is 1.00 bits per heavy atom. The second-order valence-electron chi connectivity index (χ2n) is 7.71. The third-order valence-corrected chi connectivity index (χ3v) is 6.09. The molecule has 0 bridgehead atoms. The molecule has 0 unspecified atom stereocenters. The lowest BCUT2D eigenvalue weighted by Gasteiger charge is -2.30. The molecule has 2 fully saturated rings. The van der Waals surface area contributed by atoms with E-state index in [1.165, 1.54) is 5.69 Å². The Balaban J connectivity index is 1.50. The summed E-state index contributed by atoms with van der Waals surface area (Å²) in [5.41, 5.74) is 5.51. The number of aromatic nitrogens is 2. The van der Waals surface area contributed by atoms with Gasteiger partial charge in [-0.15, -0.1) is 0 Å². The zero-order valence-electron chi connectivity index (χ0n) is 16.9. The first-order chi connectivity index (χ1) is 14.7. The summed E-state index contributed by atoms with van der Waals surface area (Å²) in [5, 5.41) is 4.21. The van der Waals surface area contributed by atoms with Crippen LogP contribution < -0.4 is 15.1 Å². The van der Waals surface area contributed by atoms with Gasteiger partial charge in [-0.25, -0.2) is 0 Å². The molecule has 0 aliphatic carbocycles. The minimum absolute atomic E-state index is 0.00432. The molecule has 5 rings (SSSR count). The molecule has 0 amide bonds. The maximum atomic E-state index is 5.79. The highest BCUT2D eigenvalue weighted by molar-refractivity contribution is 7.80. The first kappa shape index (κ1) is 19.1. The zero-order valence-corrected chi connectivity index (χ0v) is 17.7. The Kier molecular flexibility index (Phi) is 5.14. The number of hydrogen-bond donors (Lipinski definition) is 2. The van der Waals surface area contributed by atoms with Crippen molar-refractivity contribution in [1.29, 1.82) is 0 Å². The number of benzene rings is 1. The highest BCUT2D eigenvalue weighted by Crippen LogP contribution is 2.41. The maximum absolute atomic E-state index is 5.79. The lowest BCUT2D eigenvalue weighted by Crippen LogP contribution is -2.36. The van der Waals surface area contributed by atoms with Gasteiger partial charge in [0, 0.05) is 42.0 Å². The zero-order chi connectivity index (χ0) is 20.5. The molecule has 154 valence electrons. The van der Waals surface area contributed by atoms with Crippen molar-refractivity contribution in [2.45, 2.75) is 19.0 Å². The molecule has 2 aromatic heterocycles. The molecule has 0 saturated carbocycles. The normalized spacial score (nSPS) is 21.7. The van der Waals surface area contributed by atoms with E-state index in [9.17, 15) is 0 Å². The summed E-state index contributed by atoms with van der Waals surface area (Å²) in [5.74, 6) is 0. The van der Waals surface area contributed by atoms with Gasteiger partial charge in [0.25, 0.3) is 0 Å². The number of nitrogens with zero attached hydrogens (tertiary/aromatic N) is 3. The van der Waals surface area contributed by atoms with Crippen molar-refractivity contribution in [3.63, 3.8) is 0 Å². The number of hydrogen-bond acceptors (Lipinski definition) is 4. The standard InChI is InChI=1S/C23H25N5OS/c1-16-5-10-20(25-16)22-21(19-4-2-3-11-24-19)26-23(30)28(22)18-8-6-17(7-9-18)27-12-14-29-15-13-27/h2-11,21-22,25H,12-15H2,1H3,(H,26,30)/t21-,22-/m0/s1. The van der Waals surface area contributed by atoms with E-state index in [0.717, 1.165) is 49.1 Å². The second-order valence-corrected chi connectivity index (χ2v) is 8.10. The molecule has 2 aliphatic rings. The van der Waals surface area contributed by atoms with Crippen LogP contribution in [0.15, 0.2) is 60.8 Å². The predicted octanol–water partition coefficient (Wildman–Crippen LogP) is 3.73. The Bertz CT molecular complexity index is 1010. The quantitative estimate of drug-likeness (QED) is 0.629. The van der Waals surface area contributed by atoms with Crippen LogP contribution in [-0.4, -0.2) is 41.4 Å². The van der Waals surface area contributed by atoms with Gasteiger partial charge in [-0.05, 0) is 67.7 Å². The highest BCUT2D eigenvalue weighted by atomic mass is 32.1. The summed E-state index contributed by atoms with van der Waals surface area (Å²) in [7, 11) is 0. The smallest absolute Gasteiger partial charge is 0.174 e. The Morgan fingerprint density at radius 3 is 2.43 bits per heavy atom. The summed E-state index contributed by atoms with van der Waals surface area (Å²) < 4.78 is 5.47. The Labute approximate surface area is 181 Å². The van der Waals surface area contributed by atoms with E-state index in [0.29, 0.717) is 5.11 Å². The van der Waals surface area contributed by atoms with E-state index in [4.69, 9.17) is 17.0 Å². The molecule has 0 radical (unpaired) electrons. The fourth-order valence-electron chi connectivity index (χ4n) is 4.29. The van der Waals surface area contributed by atoms with E-state index in [-0.39, 0.29) is 12.1 Å². The highest BCUT2D eigenvalue weighted by Gasteiger charge is 2.41. The van der Waals surface area contributed by atoms with Crippen molar-refractivity contribution in [2.75, 3.05) is 36.1 Å². The number of morpholine rings is 1. The van der Waals surface area contributed by atoms with E-state index in [1.54, 1.807) is 0 Å². The first-order valence-corrected chi connectivity index (χ1v) is 10.7. The molecular weight excluding hydrogens is 394 g/mol. The molecule has 2 N–H and O–H groups in total. The third kappa shape index (κ3) is 3.55. The number of anilines is 2. The number of thiocarbonyl (C=S) groups is 1. The van der Waals surface area contributed by atoms with Gasteiger partial charge in [-0.1, -0.05) is 6.07 Å². The van der Waals surface area contributed by atoms with Crippen LogP contribution in [0.25, 0.3) is 0 Å². The summed E-state index contributed by atoms with van der Waals surface area (Å²) in [6.45, 7) is 5.48. The molecule has 2 atom stereocenters. The largest absolute Gasteiger partial charge is 0.378 e. The predicted molar refractivity (Wildman–Crippen MR) is 123 cm³/mol. The van der Waals surface area contributed by atoms with Gasteiger partial charge >= 0.3 is 0 Å². The lowest BCUT2D eigenvalue weighted by atomic mass is 10.0. The summed E-state index contributed by atoms with van der Waals surface area (Å²) >= 11 is 5.79. The van der Waals surface area contributed by atoms with Gasteiger partial charge in [-0.2, -0.15) is 0 Å². The van der Waals surface area contributed by atoms with Crippen LogP contribution in [0.2, 0.25) is 0 Å². The van der Waals surface area contributed by atoms with Crippen molar-refractivity contribution < 1.29 is 4.74 Å². The Hall–Kier alpha value is -2.90. The molecule has 6 nitrogen and oxygen atoms in total. The van der Waals surface area contributed by atoms with Gasteiger partial charge in [0.2, 0.25) is 0 Å². The van der Waals surface area contributed by atoms with Gasteiger partial charge in [0.1, 0.15) is 6.04 Å². The lowest BCUT2D eigenvalue weighted by molar-refractivity contribution is 0.122. The van der Waals surface area contributed by atoms with Crippen LogP contribution in [0.3, 0.4) is 0 Å². The number of pyridine rings is 1. The minimum Gasteiger partial charge on any atom is -0.378 e. The van der Waals surface area contributed by atoms with Crippen molar-refractivity contribution in [3.8, 4) is 0 Å². The van der Waals surface area contributed by atoms with Gasteiger partial charge in [-0.3, -0.25) is 4.98 Å². The maximum Gasteiger partial charge on any atom is 0.174 e. The number of nitrogens with one attached hydrogen (secondary N) is 2. The number of aromatic amines is 1. The third-order valence-electron chi connectivity index (χ3n) is 5.78. The van der Waals surface area contributed by atoms with Gasteiger partial charge < -0.3 is 24.8 Å². The van der Waals surface area contributed by atoms with E-state index >= 15 is 0 Å². The van der Waals surface area contributed by atoms with Crippen LogP contribution in [-0.2, 0) is 4.74 Å². The fraction of sp³-hybridized carbons (Fsp3) is 0.304. The average molecular weight is 420 g/mol. The second kappa shape index (κ2) is 8.08. The molecule has 1 aromatic carbocycles. The fourth-order valence-corrected chi connectivity index (χ4v) is 4.64. The number of rotatable bonds is 4. The molecule has 3 aromatic rings. The van der Waals surface area contributed by atoms with Gasteiger partial charge in [0.15, 0.2) is 5.11 Å². The first-order valence-electron chi connectivity index (χ1n) is 10.3. The van der Waals surface area contributed by atoms with Crippen LogP contribution in [0, 0.1) is 6.92 Å². The molecule has 7 heteroatoms. The number of ether oxygens (including phenoxy) is 1. The van der Waals surface area contributed by atoms with Crippen LogP contribution in [0.1, 0.15) is 29.2 Å². The number of H-pyrrole nitrogens is 1. The van der Waals surface area contributed by atoms with E-state index in [1.807, 2.05) is 24.4 Å².